The summed E-state index contributed by atoms with van der Waals surface area (Å²) in [7, 11) is 1.66. The standard InChI is InChI=1S/C14H25NO4/c1-4-15-10-14-9-13(12(2)19-14)11-18-8-7-17-6-5-16-3/h9,15H,4-8,10-11H2,1-3H3. The molecule has 5 nitrogen and oxygen atoms in total. The second-order valence-electron chi connectivity index (χ2n) is 4.23. The Bertz CT molecular complexity index is 338. The van der Waals surface area contributed by atoms with Gasteiger partial charge in [0.1, 0.15) is 11.5 Å². The normalized spacial score (nSPS) is 11.1. The Labute approximate surface area is 115 Å². The molecule has 0 saturated carbocycles. The van der Waals surface area contributed by atoms with Crippen LogP contribution in [-0.2, 0) is 27.4 Å². The van der Waals surface area contributed by atoms with Crippen LogP contribution in [0.15, 0.2) is 10.5 Å². The van der Waals surface area contributed by atoms with Crippen molar-refractivity contribution in [3.8, 4) is 0 Å². The van der Waals surface area contributed by atoms with E-state index >= 15 is 0 Å². The minimum absolute atomic E-state index is 0.565. The van der Waals surface area contributed by atoms with Gasteiger partial charge in [0, 0.05) is 12.7 Å². The van der Waals surface area contributed by atoms with E-state index in [1.165, 1.54) is 0 Å². The first-order chi connectivity index (χ1) is 9.27. The van der Waals surface area contributed by atoms with Crippen molar-refractivity contribution in [2.45, 2.75) is 27.0 Å². The van der Waals surface area contributed by atoms with E-state index in [0.717, 1.165) is 30.2 Å². The molecule has 1 N–H and O–H groups in total. The van der Waals surface area contributed by atoms with E-state index in [2.05, 4.69) is 12.2 Å². The lowest BCUT2D eigenvalue weighted by atomic mass is 10.2. The van der Waals surface area contributed by atoms with E-state index < -0.39 is 0 Å². The SMILES string of the molecule is CCNCc1cc(COCCOCCOC)c(C)o1. The van der Waals surface area contributed by atoms with Gasteiger partial charge in [-0.2, -0.15) is 0 Å². The van der Waals surface area contributed by atoms with E-state index in [4.69, 9.17) is 18.6 Å². The lowest BCUT2D eigenvalue weighted by Crippen LogP contribution is -2.10. The average molecular weight is 271 g/mol. The van der Waals surface area contributed by atoms with Crippen LogP contribution in [0.4, 0.5) is 0 Å². The Morgan fingerprint density at radius 1 is 1.16 bits per heavy atom. The Morgan fingerprint density at radius 2 is 1.89 bits per heavy atom. The molecule has 0 aliphatic rings. The van der Waals surface area contributed by atoms with Crippen LogP contribution in [0.3, 0.4) is 0 Å². The monoisotopic (exact) mass is 271 g/mol. The summed E-state index contributed by atoms with van der Waals surface area (Å²) in [6.07, 6.45) is 0. The number of furan rings is 1. The third kappa shape index (κ3) is 6.73. The quantitative estimate of drug-likeness (QED) is 0.623. The first-order valence-corrected chi connectivity index (χ1v) is 6.71. The van der Waals surface area contributed by atoms with Gasteiger partial charge < -0.3 is 23.9 Å². The summed E-state index contributed by atoms with van der Waals surface area (Å²) in [5.41, 5.74) is 1.10. The van der Waals surface area contributed by atoms with Crippen LogP contribution in [0.25, 0.3) is 0 Å². The van der Waals surface area contributed by atoms with Crippen LogP contribution < -0.4 is 5.32 Å². The van der Waals surface area contributed by atoms with E-state index in [1.807, 2.05) is 13.0 Å². The van der Waals surface area contributed by atoms with E-state index in [0.29, 0.717) is 33.0 Å². The maximum Gasteiger partial charge on any atom is 0.118 e. The van der Waals surface area contributed by atoms with Crippen molar-refractivity contribution in [2.75, 3.05) is 40.1 Å². The number of hydrogen-bond acceptors (Lipinski definition) is 5. The molecular weight excluding hydrogens is 246 g/mol. The highest BCUT2D eigenvalue weighted by Gasteiger charge is 2.06. The molecule has 0 radical (unpaired) electrons. The van der Waals surface area contributed by atoms with Crippen LogP contribution in [0.1, 0.15) is 24.0 Å². The van der Waals surface area contributed by atoms with Gasteiger partial charge in [-0.3, -0.25) is 0 Å². The molecule has 110 valence electrons. The highest BCUT2D eigenvalue weighted by Crippen LogP contribution is 2.15. The molecule has 0 fully saturated rings. The molecule has 0 aromatic carbocycles. The molecule has 0 unspecified atom stereocenters. The molecule has 0 aliphatic heterocycles. The van der Waals surface area contributed by atoms with Gasteiger partial charge in [-0.1, -0.05) is 6.92 Å². The maximum atomic E-state index is 5.64. The van der Waals surface area contributed by atoms with Crippen molar-refractivity contribution in [3.63, 3.8) is 0 Å². The largest absolute Gasteiger partial charge is 0.465 e. The second-order valence-corrected chi connectivity index (χ2v) is 4.23. The smallest absolute Gasteiger partial charge is 0.118 e. The zero-order valence-corrected chi connectivity index (χ0v) is 12.2. The molecule has 0 spiro atoms. The van der Waals surface area contributed by atoms with Gasteiger partial charge in [0.25, 0.3) is 0 Å². The number of hydrogen-bond donors (Lipinski definition) is 1. The molecule has 1 aromatic heterocycles. The molecule has 1 rings (SSSR count). The minimum Gasteiger partial charge on any atom is -0.465 e. The van der Waals surface area contributed by atoms with Gasteiger partial charge in [-0.25, -0.2) is 0 Å². The molecule has 0 bridgehead atoms. The fourth-order valence-electron chi connectivity index (χ4n) is 1.61. The highest BCUT2D eigenvalue weighted by molar-refractivity contribution is 5.19. The molecule has 0 saturated heterocycles. The van der Waals surface area contributed by atoms with Gasteiger partial charge in [-0.15, -0.1) is 0 Å². The highest BCUT2D eigenvalue weighted by atomic mass is 16.5. The topological polar surface area (TPSA) is 52.9 Å². The molecule has 5 heteroatoms. The Morgan fingerprint density at radius 3 is 2.63 bits per heavy atom. The van der Waals surface area contributed by atoms with Crippen molar-refractivity contribution in [2.24, 2.45) is 0 Å². The van der Waals surface area contributed by atoms with Crippen LogP contribution >= 0.6 is 0 Å². The first kappa shape index (κ1) is 16.2. The fourth-order valence-corrected chi connectivity index (χ4v) is 1.61. The van der Waals surface area contributed by atoms with Gasteiger partial charge in [-0.05, 0) is 19.5 Å². The second kappa shape index (κ2) is 9.97. The van der Waals surface area contributed by atoms with Crippen LogP contribution in [0.2, 0.25) is 0 Å². The summed E-state index contributed by atoms with van der Waals surface area (Å²) >= 11 is 0. The number of rotatable bonds is 11. The zero-order valence-electron chi connectivity index (χ0n) is 12.2. The molecule has 0 atom stereocenters. The zero-order chi connectivity index (χ0) is 13.9. The fraction of sp³-hybridized carbons (Fsp3) is 0.714. The minimum atomic E-state index is 0.565. The number of nitrogens with one attached hydrogen (secondary N) is 1. The maximum absolute atomic E-state index is 5.64. The Kier molecular flexibility index (Phi) is 8.49. The lowest BCUT2D eigenvalue weighted by molar-refractivity contribution is 0.0197. The molecule has 0 amide bonds. The number of aryl methyl sites for hydroxylation is 1. The Balaban J connectivity index is 2.16. The van der Waals surface area contributed by atoms with Gasteiger partial charge in [0.15, 0.2) is 0 Å². The Hall–Kier alpha value is -0.880. The molecule has 19 heavy (non-hydrogen) atoms. The summed E-state index contributed by atoms with van der Waals surface area (Å²) in [5, 5.41) is 3.23. The van der Waals surface area contributed by atoms with Crippen molar-refractivity contribution >= 4 is 0 Å². The molecule has 1 heterocycles. The van der Waals surface area contributed by atoms with Gasteiger partial charge in [0.2, 0.25) is 0 Å². The van der Waals surface area contributed by atoms with E-state index in [-0.39, 0.29) is 0 Å². The number of ether oxygens (including phenoxy) is 3. The predicted octanol–water partition coefficient (Wildman–Crippen LogP) is 1.88. The molecule has 0 aliphatic carbocycles. The third-order valence-electron chi connectivity index (χ3n) is 2.68. The van der Waals surface area contributed by atoms with Crippen LogP contribution in [0.5, 0.6) is 0 Å². The van der Waals surface area contributed by atoms with Crippen LogP contribution in [-0.4, -0.2) is 40.1 Å². The summed E-state index contributed by atoms with van der Waals surface area (Å²) in [6.45, 7) is 8.69. The molecular formula is C14H25NO4. The first-order valence-electron chi connectivity index (χ1n) is 6.71. The molecule has 1 aromatic rings. The van der Waals surface area contributed by atoms with E-state index in [1.54, 1.807) is 7.11 Å². The third-order valence-corrected chi connectivity index (χ3v) is 2.68. The van der Waals surface area contributed by atoms with Crippen molar-refractivity contribution in [3.05, 3.63) is 23.2 Å². The average Bonchev–Trinajstić information content (AvgIpc) is 2.76. The van der Waals surface area contributed by atoms with Crippen molar-refractivity contribution < 1.29 is 18.6 Å². The van der Waals surface area contributed by atoms with Crippen molar-refractivity contribution in [1.29, 1.82) is 0 Å². The number of methoxy groups -OCH3 is 1. The summed E-state index contributed by atoms with van der Waals surface area (Å²) in [6, 6.07) is 2.05. The van der Waals surface area contributed by atoms with Crippen LogP contribution in [0, 0.1) is 6.92 Å². The van der Waals surface area contributed by atoms with Gasteiger partial charge in [0.05, 0.1) is 39.6 Å². The summed E-state index contributed by atoms with van der Waals surface area (Å²) < 4.78 is 21.4. The summed E-state index contributed by atoms with van der Waals surface area (Å²) in [4.78, 5) is 0. The predicted molar refractivity (Wildman–Crippen MR) is 73.2 cm³/mol. The van der Waals surface area contributed by atoms with E-state index in [9.17, 15) is 0 Å². The summed E-state index contributed by atoms with van der Waals surface area (Å²) in [5.74, 6) is 1.88. The lowest BCUT2D eigenvalue weighted by Gasteiger charge is -2.04. The van der Waals surface area contributed by atoms with Crippen molar-refractivity contribution in [1.82, 2.24) is 5.32 Å². The van der Waals surface area contributed by atoms with Gasteiger partial charge >= 0.3 is 0 Å².